The fraction of sp³-hybridized carbons (Fsp3) is 0.421. The summed E-state index contributed by atoms with van der Waals surface area (Å²) in [7, 11) is 0. The molecule has 1 N–H and O–H groups in total. The summed E-state index contributed by atoms with van der Waals surface area (Å²) in [5.74, 6) is 0.274. The maximum atomic E-state index is 12.4. The van der Waals surface area contributed by atoms with E-state index < -0.39 is 0 Å². The minimum absolute atomic E-state index is 0.00197. The quantitative estimate of drug-likeness (QED) is 0.916. The van der Waals surface area contributed by atoms with Crippen molar-refractivity contribution in [2.75, 3.05) is 13.1 Å². The molecule has 1 aromatic heterocycles. The monoisotopic (exact) mass is 325 g/mol. The number of aromatic nitrogens is 2. The van der Waals surface area contributed by atoms with E-state index >= 15 is 0 Å². The average Bonchev–Trinajstić information content (AvgIpc) is 2.67. The first kappa shape index (κ1) is 16.6. The Morgan fingerprint density at radius 2 is 1.92 bits per heavy atom. The molecule has 0 unspecified atom stereocenters. The molecule has 0 bridgehead atoms. The van der Waals surface area contributed by atoms with E-state index in [1.165, 1.54) is 18.0 Å². The van der Waals surface area contributed by atoms with Gasteiger partial charge < -0.3 is 10.0 Å². The van der Waals surface area contributed by atoms with Gasteiger partial charge in [0.05, 0.1) is 24.1 Å². The summed E-state index contributed by atoms with van der Waals surface area (Å²) < 4.78 is 0. The van der Waals surface area contributed by atoms with Crippen molar-refractivity contribution in [1.29, 1.82) is 0 Å². The Kier molecular flexibility index (Phi) is 5.54. The predicted octanol–water partition coefficient (Wildman–Crippen LogP) is 2.32. The normalized spacial score (nSPS) is 16.8. The van der Waals surface area contributed by atoms with Crippen molar-refractivity contribution in [2.45, 2.75) is 31.8 Å². The highest BCUT2D eigenvalue weighted by molar-refractivity contribution is 5.93. The highest BCUT2D eigenvalue weighted by atomic mass is 16.3. The third-order valence-electron chi connectivity index (χ3n) is 4.77. The van der Waals surface area contributed by atoms with Gasteiger partial charge in [-0.25, -0.2) is 0 Å². The zero-order valence-corrected chi connectivity index (χ0v) is 13.7. The summed E-state index contributed by atoms with van der Waals surface area (Å²) in [5, 5.41) is 17.9. The van der Waals surface area contributed by atoms with Crippen LogP contribution >= 0.6 is 0 Å². The van der Waals surface area contributed by atoms with Gasteiger partial charge in [0.25, 0.3) is 5.91 Å². The maximum absolute atomic E-state index is 12.4. The second-order valence-electron chi connectivity index (χ2n) is 6.35. The van der Waals surface area contributed by atoms with Gasteiger partial charge in [-0.05, 0) is 43.2 Å². The number of carbonyl (C=O) groups excluding carboxylic acids is 1. The minimum atomic E-state index is -0.301. The Balaban J connectivity index is 1.47. The van der Waals surface area contributed by atoms with E-state index in [1.54, 1.807) is 6.07 Å². The summed E-state index contributed by atoms with van der Waals surface area (Å²) in [5.41, 5.74) is 1.84. The fourth-order valence-electron chi connectivity index (χ4n) is 3.28. The molecule has 24 heavy (non-hydrogen) atoms. The highest BCUT2D eigenvalue weighted by Gasteiger charge is 2.27. The van der Waals surface area contributed by atoms with Crippen molar-refractivity contribution >= 4 is 5.91 Å². The molecule has 5 nitrogen and oxygen atoms in total. The van der Waals surface area contributed by atoms with Crippen LogP contribution in [0.3, 0.4) is 0 Å². The van der Waals surface area contributed by atoms with E-state index in [0.717, 1.165) is 25.7 Å². The maximum Gasteiger partial charge on any atom is 0.255 e. The van der Waals surface area contributed by atoms with Gasteiger partial charge in [-0.15, -0.1) is 0 Å². The molecule has 1 aliphatic heterocycles. The van der Waals surface area contributed by atoms with Crippen LogP contribution in [0.25, 0.3) is 0 Å². The lowest BCUT2D eigenvalue weighted by molar-refractivity contribution is 0.0436. The topological polar surface area (TPSA) is 66.3 Å². The highest BCUT2D eigenvalue weighted by Crippen LogP contribution is 2.24. The van der Waals surface area contributed by atoms with Crippen molar-refractivity contribution in [3.63, 3.8) is 0 Å². The molecule has 2 aromatic rings. The van der Waals surface area contributed by atoms with Gasteiger partial charge in [-0.2, -0.15) is 10.2 Å². The van der Waals surface area contributed by atoms with Crippen LogP contribution in [-0.4, -0.2) is 45.3 Å². The number of aliphatic hydroxyl groups is 1. The molecule has 0 saturated carbocycles. The van der Waals surface area contributed by atoms with E-state index in [-0.39, 0.29) is 17.9 Å². The second-order valence-corrected chi connectivity index (χ2v) is 6.35. The molecule has 126 valence electrons. The minimum Gasteiger partial charge on any atom is -0.393 e. The lowest BCUT2D eigenvalue weighted by Crippen LogP contribution is -2.41. The van der Waals surface area contributed by atoms with Crippen molar-refractivity contribution in [3.05, 3.63) is 59.9 Å². The molecule has 5 heteroatoms. The number of carbonyl (C=O) groups is 1. The summed E-state index contributed by atoms with van der Waals surface area (Å²) in [6, 6.07) is 11.9. The van der Waals surface area contributed by atoms with Gasteiger partial charge in [0.1, 0.15) is 0 Å². The van der Waals surface area contributed by atoms with Crippen LogP contribution in [0.5, 0.6) is 0 Å². The first-order chi connectivity index (χ1) is 11.7. The lowest BCUT2D eigenvalue weighted by atomic mass is 9.88. The molecule has 1 aliphatic rings. The number of benzene rings is 1. The van der Waals surface area contributed by atoms with Crippen LogP contribution in [0, 0.1) is 5.92 Å². The Labute approximate surface area is 142 Å². The molecule has 1 aromatic carbocycles. The van der Waals surface area contributed by atoms with E-state index in [4.69, 9.17) is 0 Å². The number of rotatable bonds is 5. The number of likely N-dealkylation sites (tertiary alicyclic amines) is 1. The largest absolute Gasteiger partial charge is 0.393 e. The number of amides is 1. The number of aryl methyl sites for hydroxylation is 1. The van der Waals surface area contributed by atoms with E-state index in [1.807, 2.05) is 23.1 Å². The average molecular weight is 325 g/mol. The lowest BCUT2D eigenvalue weighted by Gasteiger charge is -2.34. The van der Waals surface area contributed by atoms with Crippen molar-refractivity contribution in [3.8, 4) is 0 Å². The van der Waals surface area contributed by atoms with E-state index in [2.05, 4.69) is 22.3 Å². The van der Waals surface area contributed by atoms with Crippen molar-refractivity contribution in [2.24, 2.45) is 5.92 Å². The molecular weight excluding hydrogens is 302 g/mol. The van der Waals surface area contributed by atoms with Gasteiger partial charge in [0.2, 0.25) is 0 Å². The Morgan fingerprint density at radius 3 is 2.58 bits per heavy atom. The molecule has 1 fully saturated rings. The van der Waals surface area contributed by atoms with Crippen LogP contribution in [0.1, 0.15) is 35.2 Å². The second kappa shape index (κ2) is 8.02. The van der Waals surface area contributed by atoms with Gasteiger partial charge in [-0.3, -0.25) is 4.79 Å². The molecule has 1 atom stereocenters. The van der Waals surface area contributed by atoms with Gasteiger partial charge in [0, 0.05) is 13.1 Å². The number of hydrogen-bond donors (Lipinski definition) is 1. The summed E-state index contributed by atoms with van der Waals surface area (Å²) in [4.78, 5) is 14.2. The smallest absolute Gasteiger partial charge is 0.255 e. The van der Waals surface area contributed by atoms with Crippen LogP contribution in [-0.2, 0) is 6.42 Å². The van der Waals surface area contributed by atoms with E-state index in [9.17, 15) is 9.90 Å². The summed E-state index contributed by atoms with van der Waals surface area (Å²) in [6.45, 7) is 1.38. The number of piperidine rings is 1. The van der Waals surface area contributed by atoms with E-state index in [0.29, 0.717) is 18.7 Å². The first-order valence-corrected chi connectivity index (χ1v) is 8.52. The van der Waals surface area contributed by atoms with Crippen LogP contribution in [0.15, 0.2) is 48.8 Å². The SMILES string of the molecule is O=C(c1ccnnc1)N1CCC([C@@H](O)CCc2ccccc2)CC1. The molecule has 1 saturated heterocycles. The molecule has 1 amide bonds. The Hall–Kier alpha value is -2.27. The third kappa shape index (κ3) is 4.17. The number of aliphatic hydroxyl groups excluding tert-OH is 1. The van der Waals surface area contributed by atoms with Gasteiger partial charge >= 0.3 is 0 Å². The Bertz CT molecular complexity index is 640. The standard InChI is InChI=1S/C19H23N3O2/c23-18(7-6-15-4-2-1-3-5-15)16-9-12-22(13-10-16)19(24)17-8-11-20-21-14-17/h1-5,8,11,14,16,18,23H,6-7,9-10,12-13H2/t18-/m0/s1. The van der Waals surface area contributed by atoms with Gasteiger partial charge in [-0.1, -0.05) is 30.3 Å². The van der Waals surface area contributed by atoms with Crippen LogP contribution in [0.4, 0.5) is 0 Å². The zero-order chi connectivity index (χ0) is 16.8. The van der Waals surface area contributed by atoms with Gasteiger partial charge in [0.15, 0.2) is 0 Å². The van der Waals surface area contributed by atoms with Crippen LogP contribution in [0.2, 0.25) is 0 Å². The summed E-state index contributed by atoms with van der Waals surface area (Å²) in [6.07, 6.45) is 6.10. The number of nitrogens with zero attached hydrogens (tertiary/aromatic N) is 3. The summed E-state index contributed by atoms with van der Waals surface area (Å²) >= 11 is 0. The van der Waals surface area contributed by atoms with Crippen molar-refractivity contribution in [1.82, 2.24) is 15.1 Å². The molecule has 0 aliphatic carbocycles. The van der Waals surface area contributed by atoms with Crippen molar-refractivity contribution < 1.29 is 9.90 Å². The Morgan fingerprint density at radius 1 is 1.17 bits per heavy atom. The molecule has 0 spiro atoms. The first-order valence-electron chi connectivity index (χ1n) is 8.52. The predicted molar refractivity (Wildman–Crippen MR) is 91.4 cm³/mol. The van der Waals surface area contributed by atoms with Crippen LogP contribution < -0.4 is 0 Å². The molecular formula is C19H23N3O2. The molecule has 3 rings (SSSR count). The fourth-order valence-corrected chi connectivity index (χ4v) is 3.28. The molecule has 0 radical (unpaired) electrons. The third-order valence-corrected chi connectivity index (χ3v) is 4.77. The zero-order valence-electron chi connectivity index (χ0n) is 13.7. The number of hydrogen-bond acceptors (Lipinski definition) is 4. The molecule has 2 heterocycles.